The van der Waals surface area contributed by atoms with Gasteiger partial charge in [0.2, 0.25) is 5.91 Å². The molecular formula is C20H23N3O3. The van der Waals surface area contributed by atoms with Crippen molar-refractivity contribution >= 4 is 11.6 Å². The first-order chi connectivity index (χ1) is 12.7. The Bertz CT molecular complexity index is 777. The van der Waals surface area contributed by atoms with Crippen molar-refractivity contribution in [3.8, 4) is 5.75 Å². The maximum absolute atomic E-state index is 12.9. The summed E-state index contributed by atoms with van der Waals surface area (Å²) in [6, 6.07) is 11.3. The van der Waals surface area contributed by atoms with E-state index in [0.29, 0.717) is 19.4 Å². The van der Waals surface area contributed by atoms with E-state index < -0.39 is 12.0 Å². The van der Waals surface area contributed by atoms with Gasteiger partial charge in [0.1, 0.15) is 5.75 Å². The highest BCUT2D eigenvalue weighted by molar-refractivity contribution is 6.09. The number of fused-ring (bicyclic) bond motifs is 1. The molecule has 0 bridgehead atoms. The number of rotatable bonds is 6. The SMILES string of the molecule is NC[C@@H](O)C[C@@H](Cc1cccnc1)C(=O)N=C1CCOc2ccccc21. The third-order valence-corrected chi connectivity index (χ3v) is 4.42. The van der Waals surface area contributed by atoms with Gasteiger partial charge in [0.05, 0.1) is 18.4 Å². The van der Waals surface area contributed by atoms with Crippen LogP contribution in [0.25, 0.3) is 0 Å². The lowest BCUT2D eigenvalue weighted by molar-refractivity contribution is -0.122. The number of para-hydroxylation sites is 1. The minimum absolute atomic E-state index is 0.115. The number of pyridine rings is 1. The molecule has 0 spiro atoms. The molecule has 26 heavy (non-hydrogen) atoms. The Balaban J connectivity index is 1.83. The highest BCUT2D eigenvalue weighted by Gasteiger charge is 2.24. The van der Waals surface area contributed by atoms with Gasteiger partial charge in [0.15, 0.2) is 0 Å². The molecule has 3 rings (SSSR count). The molecular weight excluding hydrogens is 330 g/mol. The molecule has 3 N–H and O–H groups in total. The summed E-state index contributed by atoms with van der Waals surface area (Å²) >= 11 is 0. The zero-order valence-electron chi connectivity index (χ0n) is 14.5. The van der Waals surface area contributed by atoms with Crippen molar-refractivity contribution < 1.29 is 14.6 Å². The Morgan fingerprint density at radius 1 is 1.31 bits per heavy atom. The molecule has 0 aliphatic carbocycles. The van der Waals surface area contributed by atoms with E-state index in [1.54, 1.807) is 12.4 Å². The lowest BCUT2D eigenvalue weighted by atomic mass is 9.93. The molecule has 0 saturated heterocycles. The van der Waals surface area contributed by atoms with Crippen LogP contribution in [0.15, 0.2) is 53.8 Å². The van der Waals surface area contributed by atoms with E-state index in [-0.39, 0.29) is 18.9 Å². The molecule has 1 aliphatic rings. The van der Waals surface area contributed by atoms with Crippen molar-refractivity contribution in [2.24, 2.45) is 16.6 Å². The standard InChI is InChI=1S/C20H23N3O3/c21-12-16(24)11-15(10-14-4-3-8-22-13-14)20(25)23-18-7-9-26-19-6-2-1-5-17(18)19/h1-6,8,13,15-16,24H,7,9-12,21H2/t15-,16+/m1/s1. The van der Waals surface area contributed by atoms with Gasteiger partial charge in [-0.2, -0.15) is 0 Å². The summed E-state index contributed by atoms with van der Waals surface area (Å²) in [5.74, 6) is 0.0596. The average molecular weight is 353 g/mol. The molecule has 136 valence electrons. The molecule has 2 aromatic rings. The Hall–Kier alpha value is -2.57. The Labute approximate surface area is 152 Å². The smallest absolute Gasteiger partial charge is 0.249 e. The number of ether oxygens (including phenoxy) is 1. The summed E-state index contributed by atoms with van der Waals surface area (Å²) < 4.78 is 5.62. The highest BCUT2D eigenvalue weighted by atomic mass is 16.5. The van der Waals surface area contributed by atoms with Crippen molar-refractivity contribution in [1.29, 1.82) is 0 Å². The summed E-state index contributed by atoms with van der Waals surface area (Å²) in [6.07, 6.45) is 4.02. The number of carbonyl (C=O) groups excluding carboxylic acids is 1. The van der Waals surface area contributed by atoms with E-state index >= 15 is 0 Å². The zero-order chi connectivity index (χ0) is 18.4. The predicted molar refractivity (Wildman–Crippen MR) is 99.2 cm³/mol. The molecule has 2 heterocycles. The van der Waals surface area contributed by atoms with Gasteiger partial charge in [-0.05, 0) is 36.6 Å². The zero-order valence-corrected chi connectivity index (χ0v) is 14.5. The van der Waals surface area contributed by atoms with Gasteiger partial charge in [-0.15, -0.1) is 0 Å². The van der Waals surface area contributed by atoms with Gasteiger partial charge in [-0.1, -0.05) is 18.2 Å². The fourth-order valence-corrected chi connectivity index (χ4v) is 3.06. The van der Waals surface area contributed by atoms with E-state index in [4.69, 9.17) is 10.5 Å². The Kier molecular flexibility index (Phi) is 6.09. The first-order valence-electron chi connectivity index (χ1n) is 8.78. The van der Waals surface area contributed by atoms with Crippen LogP contribution in [0.2, 0.25) is 0 Å². The van der Waals surface area contributed by atoms with Crippen LogP contribution in [0.5, 0.6) is 5.75 Å². The molecule has 6 heteroatoms. The molecule has 2 atom stereocenters. The minimum atomic E-state index is -0.734. The second kappa shape index (κ2) is 8.69. The average Bonchev–Trinajstić information content (AvgIpc) is 2.68. The molecule has 0 radical (unpaired) electrons. The number of benzene rings is 1. The number of nitrogens with zero attached hydrogens (tertiary/aromatic N) is 2. The lowest BCUT2D eigenvalue weighted by Gasteiger charge is -2.20. The monoisotopic (exact) mass is 353 g/mol. The minimum Gasteiger partial charge on any atom is -0.492 e. The van der Waals surface area contributed by atoms with Gasteiger partial charge in [0, 0.05) is 36.8 Å². The van der Waals surface area contributed by atoms with Crippen LogP contribution in [0.3, 0.4) is 0 Å². The fourth-order valence-electron chi connectivity index (χ4n) is 3.06. The Morgan fingerprint density at radius 2 is 2.15 bits per heavy atom. The summed E-state index contributed by atoms with van der Waals surface area (Å²) in [4.78, 5) is 21.4. The molecule has 0 unspecified atom stereocenters. The van der Waals surface area contributed by atoms with E-state index in [9.17, 15) is 9.90 Å². The number of amides is 1. The van der Waals surface area contributed by atoms with E-state index in [0.717, 1.165) is 22.6 Å². The second-order valence-electron chi connectivity index (χ2n) is 6.38. The van der Waals surface area contributed by atoms with Gasteiger partial charge in [-0.3, -0.25) is 9.78 Å². The molecule has 0 saturated carbocycles. The summed E-state index contributed by atoms with van der Waals surface area (Å²) in [7, 11) is 0. The van der Waals surface area contributed by atoms with Crippen molar-refractivity contribution in [3.05, 3.63) is 59.9 Å². The van der Waals surface area contributed by atoms with Crippen molar-refractivity contribution in [2.75, 3.05) is 13.2 Å². The lowest BCUT2D eigenvalue weighted by Crippen LogP contribution is -2.28. The fraction of sp³-hybridized carbons (Fsp3) is 0.350. The number of aliphatic hydroxyl groups excluding tert-OH is 1. The first-order valence-corrected chi connectivity index (χ1v) is 8.78. The van der Waals surface area contributed by atoms with Crippen LogP contribution >= 0.6 is 0 Å². The normalized spacial score (nSPS) is 17.2. The molecule has 1 aliphatic heterocycles. The maximum Gasteiger partial charge on any atom is 0.249 e. The Morgan fingerprint density at radius 3 is 2.92 bits per heavy atom. The van der Waals surface area contributed by atoms with E-state index in [1.807, 2.05) is 36.4 Å². The number of aliphatic hydroxyl groups is 1. The van der Waals surface area contributed by atoms with Crippen LogP contribution in [0, 0.1) is 5.92 Å². The number of aromatic nitrogens is 1. The number of hydrogen-bond acceptors (Lipinski definition) is 5. The van der Waals surface area contributed by atoms with Crippen LogP contribution in [-0.2, 0) is 11.2 Å². The second-order valence-corrected chi connectivity index (χ2v) is 6.38. The molecule has 1 aromatic carbocycles. The number of carbonyl (C=O) groups is 1. The molecule has 1 aromatic heterocycles. The maximum atomic E-state index is 12.9. The third kappa shape index (κ3) is 4.53. The molecule has 1 amide bonds. The van der Waals surface area contributed by atoms with E-state index in [1.165, 1.54) is 0 Å². The van der Waals surface area contributed by atoms with Crippen molar-refractivity contribution in [3.63, 3.8) is 0 Å². The van der Waals surface area contributed by atoms with E-state index in [2.05, 4.69) is 9.98 Å². The van der Waals surface area contributed by atoms with Crippen LogP contribution in [-0.4, -0.2) is 41.0 Å². The summed E-state index contributed by atoms with van der Waals surface area (Å²) in [6.45, 7) is 0.617. The predicted octanol–water partition coefficient (Wildman–Crippen LogP) is 1.75. The number of nitrogens with two attached hydrogens (primary N) is 1. The molecule has 0 fully saturated rings. The van der Waals surface area contributed by atoms with Gasteiger partial charge in [0.25, 0.3) is 0 Å². The summed E-state index contributed by atoms with van der Waals surface area (Å²) in [5, 5.41) is 9.96. The quantitative estimate of drug-likeness (QED) is 0.824. The molecule has 6 nitrogen and oxygen atoms in total. The third-order valence-electron chi connectivity index (χ3n) is 4.42. The topological polar surface area (TPSA) is 97.8 Å². The van der Waals surface area contributed by atoms with Crippen LogP contribution in [0.4, 0.5) is 0 Å². The van der Waals surface area contributed by atoms with Crippen molar-refractivity contribution in [1.82, 2.24) is 4.98 Å². The highest BCUT2D eigenvalue weighted by Crippen LogP contribution is 2.25. The number of hydrogen-bond donors (Lipinski definition) is 2. The van der Waals surface area contributed by atoms with Crippen molar-refractivity contribution in [2.45, 2.75) is 25.4 Å². The summed E-state index contributed by atoms with van der Waals surface area (Å²) in [5.41, 5.74) is 8.05. The van der Waals surface area contributed by atoms with Gasteiger partial charge < -0.3 is 15.6 Å². The number of aliphatic imine (C=N–C) groups is 1. The largest absolute Gasteiger partial charge is 0.492 e. The van der Waals surface area contributed by atoms with Gasteiger partial charge in [-0.25, -0.2) is 4.99 Å². The first kappa shape index (κ1) is 18.2. The van der Waals surface area contributed by atoms with Gasteiger partial charge >= 0.3 is 0 Å². The van der Waals surface area contributed by atoms with Crippen LogP contribution < -0.4 is 10.5 Å². The van der Waals surface area contributed by atoms with Crippen LogP contribution in [0.1, 0.15) is 24.0 Å².